The predicted octanol–water partition coefficient (Wildman–Crippen LogP) is 4.33. The highest BCUT2D eigenvalue weighted by atomic mass is 19.1. The first-order valence-electron chi connectivity index (χ1n) is 14.1. The minimum absolute atomic E-state index is 0.339. The Balaban J connectivity index is 1.20. The minimum Gasteiger partial charge on any atom is -0.491 e. The number of hydrogen-bond acceptors (Lipinski definition) is 8. The van der Waals surface area contributed by atoms with Crippen LogP contribution >= 0.6 is 0 Å². The Labute approximate surface area is 250 Å². The van der Waals surface area contributed by atoms with Crippen LogP contribution < -0.4 is 15.8 Å². The van der Waals surface area contributed by atoms with Crippen molar-refractivity contribution in [1.82, 2.24) is 9.78 Å². The first kappa shape index (κ1) is 31.8. The zero-order valence-corrected chi connectivity index (χ0v) is 24.0. The molecule has 0 spiro atoms. The highest BCUT2D eigenvalue weighted by Gasteiger charge is 2.19. The van der Waals surface area contributed by atoms with Gasteiger partial charge in [0, 0.05) is 24.0 Å². The third-order valence-corrected chi connectivity index (χ3v) is 6.08. The van der Waals surface area contributed by atoms with Crippen molar-refractivity contribution in [3.63, 3.8) is 0 Å². The van der Waals surface area contributed by atoms with Gasteiger partial charge in [-0.1, -0.05) is 18.2 Å². The number of anilines is 1. The van der Waals surface area contributed by atoms with Gasteiger partial charge in [-0.15, -0.1) is 0 Å². The molecule has 0 saturated carbocycles. The number of halogens is 1. The van der Waals surface area contributed by atoms with E-state index in [4.69, 9.17) is 29.4 Å². The van der Waals surface area contributed by atoms with Crippen molar-refractivity contribution in [1.29, 1.82) is 0 Å². The number of carbonyl (C=O) groups excluding carboxylic acids is 1. The first-order chi connectivity index (χ1) is 21.1. The molecule has 4 rings (SSSR count). The number of para-hydroxylation sites is 1. The molecule has 4 aromatic rings. The maximum absolute atomic E-state index is 13.5. The van der Waals surface area contributed by atoms with E-state index in [1.165, 1.54) is 12.1 Å². The van der Waals surface area contributed by atoms with Crippen molar-refractivity contribution in [3.05, 3.63) is 96.4 Å². The summed E-state index contributed by atoms with van der Waals surface area (Å²) in [5.74, 6) is -0.0539. The van der Waals surface area contributed by atoms with Gasteiger partial charge in [-0.25, -0.2) is 9.07 Å². The normalized spacial score (nSPS) is 11.0. The molecule has 1 heterocycles. The van der Waals surface area contributed by atoms with Crippen LogP contribution in [0.4, 0.5) is 10.1 Å². The van der Waals surface area contributed by atoms with Crippen LogP contribution in [0.15, 0.2) is 85.1 Å². The molecule has 228 valence electrons. The number of rotatable bonds is 19. The summed E-state index contributed by atoms with van der Waals surface area (Å²) in [5, 5.41) is 7.54. The quantitative estimate of drug-likeness (QED) is 0.155. The Morgan fingerprint density at radius 1 is 0.744 bits per heavy atom. The molecule has 43 heavy (non-hydrogen) atoms. The molecule has 0 saturated heterocycles. The first-order valence-corrected chi connectivity index (χ1v) is 14.1. The largest absolute Gasteiger partial charge is 0.491 e. The average Bonchev–Trinajstić information content (AvgIpc) is 3.49. The second kappa shape index (κ2) is 17.7. The molecule has 3 N–H and O–H groups in total. The van der Waals surface area contributed by atoms with E-state index < -0.39 is 0 Å². The van der Waals surface area contributed by atoms with Gasteiger partial charge in [0.25, 0.3) is 5.91 Å². The molecule has 0 aliphatic carbocycles. The second-order valence-electron chi connectivity index (χ2n) is 9.24. The summed E-state index contributed by atoms with van der Waals surface area (Å²) in [7, 11) is 0. The third-order valence-electron chi connectivity index (χ3n) is 6.08. The van der Waals surface area contributed by atoms with E-state index >= 15 is 0 Å². The van der Waals surface area contributed by atoms with Crippen LogP contribution in [-0.4, -0.2) is 81.7 Å². The van der Waals surface area contributed by atoms with E-state index in [9.17, 15) is 9.18 Å². The molecular weight excluding hydrogens is 555 g/mol. The second-order valence-corrected chi connectivity index (χ2v) is 9.24. The molecule has 0 radical (unpaired) electrons. The molecule has 11 heteroatoms. The highest BCUT2D eigenvalue weighted by molar-refractivity contribution is 6.08. The Kier molecular flexibility index (Phi) is 13.1. The summed E-state index contributed by atoms with van der Waals surface area (Å²) in [4.78, 5) is 13.3. The number of hydrogen-bond donors (Lipinski definition) is 2. The maximum atomic E-state index is 13.5. The summed E-state index contributed by atoms with van der Waals surface area (Å²) < 4.78 is 42.5. The van der Waals surface area contributed by atoms with E-state index in [1.807, 2.05) is 30.3 Å². The Morgan fingerprint density at radius 2 is 1.33 bits per heavy atom. The fourth-order valence-corrected chi connectivity index (χ4v) is 3.97. The lowest BCUT2D eigenvalue weighted by Crippen LogP contribution is -2.15. The zero-order valence-electron chi connectivity index (χ0n) is 24.0. The summed E-state index contributed by atoms with van der Waals surface area (Å²) in [6.45, 7) is 4.78. The summed E-state index contributed by atoms with van der Waals surface area (Å²) in [5.41, 5.74) is 8.17. The fourth-order valence-electron chi connectivity index (χ4n) is 3.97. The Morgan fingerprint density at radius 3 is 1.93 bits per heavy atom. The van der Waals surface area contributed by atoms with Crippen molar-refractivity contribution in [3.8, 4) is 22.7 Å². The molecule has 0 fully saturated rings. The van der Waals surface area contributed by atoms with Gasteiger partial charge in [0.15, 0.2) is 0 Å². The van der Waals surface area contributed by atoms with Crippen LogP contribution in [0.2, 0.25) is 0 Å². The molecule has 1 aromatic heterocycles. The standard InChI is InChI=1S/C32H37FN4O6/c33-26-8-6-25(7-9-26)31-30(24-37(36-31)28-4-2-1-3-5-28)32(38)35-27-10-12-29(13-11-27)43-23-22-42-21-20-41-19-18-40-17-16-39-15-14-34/h1-13,24H,14-23,34H2,(H,35,38). The van der Waals surface area contributed by atoms with Gasteiger partial charge < -0.3 is 34.7 Å². The van der Waals surface area contributed by atoms with Crippen LogP contribution in [0.1, 0.15) is 10.4 Å². The van der Waals surface area contributed by atoms with Gasteiger partial charge in [-0.3, -0.25) is 4.79 Å². The molecule has 0 aliphatic rings. The number of amides is 1. The van der Waals surface area contributed by atoms with Gasteiger partial charge in [0.1, 0.15) is 23.9 Å². The van der Waals surface area contributed by atoms with Crippen LogP contribution in [0.25, 0.3) is 16.9 Å². The number of aromatic nitrogens is 2. The minimum atomic E-state index is -0.362. The van der Waals surface area contributed by atoms with Crippen molar-refractivity contribution in [2.24, 2.45) is 5.73 Å². The van der Waals surface area contributed by atoms with Crippen molar-refractivity contribution in [2.45, 2.75) is 0 Å². The number of ether oxygens (including phenoxy) is 5. The lowest BCUT2D eigenvalue weighted by Gasteiger charge is -2.09. The SMILES string of the molecule is NCCOCCOCCOCCOCCOc1ccc(NC(=O)c2cn(-c3ccccc3)nc2-c2ccc(F)cc2)cc1. The predicted molar refractivity (Wildman–Crippen MR) is 161 cm³/mol. The van der Waals surface area contributed by atoms with Crippen LogP contribution in [0.5, 0.6) is 5.75 Å². The maximum Gasteiger partial charge on any atom is 0.259 e. The smallest absolute Gasteiger partial charge is 0.259 e. The summed E-state index contributed by atoms with van der Waals surface area (Å²) >= 11 is 0. The van der Waals surface area contributed by atoms with E-state index in [-0.39, 0.29) is 11.7 Å². The molecular formula is C32H37FN4O6. The van der Waals surface area contributed by atoms with Crippen molar-refractivity contribution in [2.75, 3.05) is 71.3 Å². The van der Waals surface area contributed by atoms with Gasteiger partial charge in [0.2, 0.25) is 0 Å². The molecule has 1 amide bonds. The number of nitrogens with zero attached hydrogens (tertiary/aromatic N) is 2. The van der Waals surface area contributed by atoms with Gasteiger partial charge in [-0.05, 0) is 60.7 Å². The van der Waals surface area contributed by atoms with Crippen LogP contribution in [-0.2, 0) is 18.9 Å². The van der Waals surface area contributed by atoms with E-state index in [0.717, 1.165) is 5.69 Å². The summed E-state index contributed by atoms with van der Waals surface area (Å²) in [6, 6.07) is 22.4. The molecule has 0 aliphatic heterocycles. The molecule has 0 unspecified atom stereocenters. The van der Waals surface area contributed by atoms with Crippen molar-refractivity contribution >= 4 is 11.6 Å². The third kappa shape index (κ3) is 10.6. The summed E-state index contributed by atoms with van der Waals surface area (Å²) in [6.07, 6.45) is 1.67. The van der Waals surface area contributed by atoms with Gasteiger partial charge in [0.05, 0.1) is 64.1 Å². The topological polar surface area (TPSA) is 119 Å². The molecule has 3 aromatic carbocycles. The van der Waals surface area contributed by atoms with E-state index in [0.29, 0.717) is 94.3 Å². The highest BCUT2D eigenvalue weighted by Crippen LogP contribution is 2.25. The number of nitrogens with two attached hydrogens (primary N) is 1. The van der Waals surface area contributed by atoms with E-state index in [1.54, 1.807) is 47.3 Å². The Hall–Kier alpha value is -4.13. The number of nitrogens with one attached hydrogen (secondary N) is 1. The van der Waals surface area contributed by atoms with Crippen LogP contribution in [0, 0.1) is 5.82 Å². The zero-order chi connectivity index (χ0) is 30.1. The Bertz CT molecular complexity index is 1370. The van der Waals surface area contributed by atoms with Gasteiger partial charge >= 0.3 is 0 Å². The fraction of sp³-hybridized carbons (Fsp3) is 0.312. The van der Waals surface area contributed by atoms with E-state index in [2.05, 4.69) is 10.4 Å². The lowest BCUT2D eigenvalue weighted by molar-refractivity contribution is -0.00386. The molecule has 0 atom stereocenters. The monoisotopic (exact) mass is 592 g/mol. The number of benzene rings is 3. The van der Waals surface area contributed by atoms with Crippen molar-refractivity contribution < 1.29 is 32.9 Å². The average molecular weight is 593 g/mol. The van der Waals surface area contributed by atoms with Gasteiger partial charge in [-0.2, -0.15) is 5.10 Å². The molecule has 0 bridgehead atoms. The van der Waals surface area contributed by atoms with Crippen LogP contribution in [0.3, 0.4) is 0 Å². The molecule has 10 nitrogen and oxygen atoms in total. The lowest BCUT2D eigenvalue weighted by atomic mass is 10.1. The number of carbonyl (C=O) groups is 1.